The van der Waals surface area contributed by atoms with Crippen molar-refractivity contribution in [3.05, 3.63) is 30.1 Å². The van der Waals surface area contributed by atoms with Crippen molar-refractivity contribution in [1.29, 1.82) is 0 Å². The Bertz CT molecular complexity index is 570. The third kappa shape index (κ3) is 2.81. The fourth-order valence-electron chi connectivity index (χ4n) is 2.24. The van der Waals surface area contributed by atoms with E-state index in [4.69, 9.17) is 10.3 Å². The molecule has 2 aromatic rings. The van der Waals surface area contributed by atoms with Crippen molar-refractivity contribution in [2.75, 3.05) is 17.2 Å². The van der Waals surface area contributed by atoms with E-state index in [9.17, 15) is 0 Å². The van der Waals surface area contributed by atoms with E-state index in [1.165, 1.54) is 5.75 Å². The van der Waals surface area contributed by atoms with Gasteiger partial charge in [-0.15, -0.1) is 11.8 Å². The predicted octanol–water partition coefficient (Wildman–Crippen LogP) is 3.62. The van der Waals surface area contributed by atoms with E-state index in [1.807, 2.05) is 47.8 Å². The number of rotatable bonds is 3. The smallest absolute Gasteiger partial charge is 0.257 e. The largest absolute Gasteiger partial charge is 0.399 e. The van der Waals surface area contributed by atoms with Crippen LogP contribution in [0.5, 0.6) is 0 Å². The van der Waals surface area contributed by atoms with Gasteiger partial charge in [0.25, 0.3) is 5.89 Å². The quantitative estimate of drug-likeness (QED) is 0.874. The first-order chi connectivity index (χ1) is 9.78. The van der Waals surface area contributed by atoms with Crippen molar-refractivity contribution in [3.63, 3.8) is 0 Å². The number of aromatic nitrogens is 2. The first-order valence-corrected chi connectivity index (χ1v) is 8.80. The molecule has 1 fully saturated rings. The monoisotopic (exact) mass is 307 g/mol. The summed E-state index contributed by atoms with van der Waals surface area (Å²) in [5, 5.41) is 5.10. The first kappa shape index (κ1) is 13.8. The summed E-state index contributed by atoms with van der Waals surface area (Å²) in [6, 6.07) is 7.51. The molecule has 6 heteroatoms. The van der Waals surface area contributed by atoms with E-state index < -0.39 is 0 Å². The summed E-state index contributed by atoms with van der Waals surface area (Å²) in [6.07, 6.45) is 1.13. The van der Waals surface area contributed by atoms with Crippen LogP contribution < -0.4 is 5.73 Å². The summed E-state index contributed by atoms with van der Waals surface area (Å²) in [6.45, 7) is 2.22. The molecule has 2 heterocycles. The molecule has 0 radical (unpaired) electrons. The van der Waals surface area contributed by atoms with Gasteiger partial charge in [-0.2, -0.15) is 16.7 Å². The number of nitrogens with two attached hydrogens (primary N) is 1. The summed E-state index contributed by atoms with van der Waals surface area (Å²) in [5.41, 5.74) is 7.34. The van der Waals surface area contributed by atoms with Gasteiger partial charge in [0.15, 0.2) is 5.82 Å². The maximum absolute atomic E-state index is 5.69. The molecule has 0 spiro atoms. The van der Waals surface area contributed by atoms with E-state index in [0.29, 0.717) is 16.4 Å². The molecule has 3 rings (SSSR count). The fourth-order valence-corrected chi connectivity index (χ4v) is 5.22. The van der Waals surface area contributed by atoms with Gasteiger partial charge in [-0.05, 0) is 30.7 Å². The van der Waals surface area contributed by atoms with E-state index in [1.54, 1.807) is 0 Å². The maximum Gasteiger partial charge on any atom is 0.257 e. The van der Waals surface area contributed by atoms with Crippen LogP contribution in [-0.4, -0.2) is 26.9 Å². The third-order valence-corrected chi connectivity index (χ3v) is 6.55. The van der Waals surface area contributed by atoms with E-state index >= 15 is 0 Å². The molecule has 0 amide bonds. The predicted molar refractivity (Wildman–Crippen MR) is 85.9 cm³/mol. The second-order valence-electron chi connectivity index (χ2n) is 4.69. The van der Waals surface area contributed by atoms with Crippen LogP contribution in [0.2, 0.25) is 0 Å². The molecule has 2 N–H and O–H groups in total. The topological polar surface area (TPSA) is 64.9 Å². The van der Waals surface area contributed by atoms with Crippen LogP contribution in [0.1, 0.15) is 24.4 Å². The lowest BCUT2D eigenvalue weighted by molar-refractivity contribution is 0.421. The summed E-state index contributed by atoms with van der Waals surface area (Å²) >= 11 is 3.95. The van der Waals surface area contributed by atoms with Crippen molar-refractivity contribution in [2.24, 2.45) is 0 Å². The molecule has 1 saturated heterocycles. The van der Waals surface area contributed by atoms with Gasteiger partial charge in [0.1, 0.15) is 0 Å². The van der Waals surface area contributed by atoms with Crippen LogP contribution in [0, 0.1) is 0 Å². The highest BCUT2D eigenvalue weighted by molar-refractivity contribution is 8.06. The minimum absolute atomic E-state index is 0.338. The average Bonchev–Trinajstić information content (AvgIpc) is 2.97. The zero-order valence-corrected chi connectivity index (χ0v) is 12.9. The SMILES string of the molecule is CCC1SCCSC1c1noc(-c2ccc(N)cc2)n1. The lowest BCUT2D eigenvalue weighted by Crippen LogP contribution is -2.19. The van der Waals surface area contributed by atoms with Crippen LogP contribution >= 0.6 is 23.5 Å². The lowest BCUT2D eigenvalue weighted by atomic mass is 10.2. The van der Waals surface area contributed by atoms with Crippen molar-refractivity contribution >= 4 is 29.2 Å². The van der Waals surface area contributed by atoms with Crippen LogP contribution in [0.4, 0.5) is 5.69 Å². The molecule has 20 heavy (non-hydrogen) atoms. The van der Waals surface area contributed by atoms with Crippen molar-refractivity contribution in [2.45, 2.75) is 23.8 Å². The third-order valence-electron chi connectivity index (χ3n) is 3.31. The number of nitrogens with zero attached hydrogens (tertiary/aromatic N) is 2. The van der Waals surface area contributed by atoms with Crippen molar-refractivity contribution in [1.82, 2.24) is 10.1 Å². The van der Waals surface area contributed by atoms with E-state index in [-0.39, 0.29) is 0 Å². The number of benzene rings is 1. The van der Waals surface area contributed by atoms with Crippen LogP contribution in [0.15, 0.2) is 28.8 Å². The number of nitrogen functional groups attached to an aromatic ring is 1. The molecule has 1 aliphatic heterocycles. The highest BCUT2D eigenvalue weighted by Gasteiger charge is 2.30. The van der Waals surface area contributed by atoms with Gasteiger partial charge in [-0.3, -0.25) is 0 Å². The number of anilines is 1. The molecule has 1 aromatic heterocycles. The molecular weight excluding hydrogens is 290 g/mol. The summed E-state index contributed by atoms with van der Waals surface area (Å²) in [5.74, 6) is 3.76. The highest BCUT2D eigenvalue weighted by Crippen LogP contribution is 2.43. The van der Waals surface area contributed by atoms with Gasteiger partial charge in [0.2, 0.25) is 0 Å². The van der Waals surface area contributed by atoms with Crippen molar-refractivity contribution in [3.8, 4) is 11.5 Å². The number of thioether (sulfide) groups is 2. The zero-order chi connectivity index (χ0) is 13.9. The van der Waals surface area contributed by atoms with E-state index in [0.717, 1.165) is 29.2 Å². The minimum atomic E-state index is 0.338. The Hall–Kier alpha value is -1.14. The van der Waals surface area contributed by atoms with E-state index in [2.05, 4.69) is 17.1 Å². The fraction of sp³-hybridized carbons (Fsp3) is 0.429. The Labute approximate surface area is 126 Å². The molecule has 1 aromatic carbocycles. The number of hydrogen-bond acceptors (Lipinski definition) is 6. The first-order valence-electron chi connectivity index (χ1n) is 6.70. The van der Waals surface area contributed by atoms with Gasteiger partial charge in [0.05, 0.1) is 5.25 Å². The molecule has 0 bridgehead atoms. The van der Waals surface area contributed by atoms with Crippen LogP contribution in [0.3, 0.4) is 0 Å². The summed E-state index contributed by atoms with van der Waals surface area (Å²) in [7, 11) is 0. The van der Waals surface area contributed by atoms with Gasteiger partial charge in [-0.25, -0.2) is 0 Å². The lowest BCUT2D eigenvalue weighted by Gasteiger charge is -2.27. The molecule has 1 aliphatic rings. The standard InChI is InChI=1S/C14H17N3OS2/c1-2-11-12(20-8-7-19-11)13-16-14(18-17-13)9-3-5-10(15)6-4-9/h3-6,11-12H,2,7-8,15H2,1H3. The molecule has 106 valence electrons. The molecule has 2 unspecified atom stereocenters. The Morgan fingerprint density at radius 1 is 1.25 bits per heavy atom. The molecule has 4 nitrogen and oxygen atoms in total. The maximum atomic E-state index is 5.69. The number of hydrogen-bond donors (Lipinski definition) is 1. The second kappa shape index (κ2) is 6.10. The van der Waals surface area contributed by atoms with Crippen LogP contribution in [0.25, 0.3) is 11.5 Å². The second-order valence-corrected chi connectivity index (χ2v) is 7.29. The van der Waals surface area contributed by atoms with Crippen molar-refractivity contribution < 1.29 is 4.52 Å². The Morgan fingerprint density at radius 2 is 2.00 bits per heavy atom. The Balaban J connectivity index is 1.84. The molecule has 0 saturated carbocycles. The minimum Gasteiger partial charge on any atom is -0.399 e. The Morgan fingerprint density at radius 3 is 2.75 bits per heavy atom. The van der Waals surface area contributed by atoms with Gasteiger partial charge in [0, 0.05) is 28.0 Å². The van der Waals surface area contributed by atoms with Crippen LogP contribution in [-0.2, 0) is 0 Å². The summed E-state index contributed by atoms with van der Waals surface area (Å²) in [4.78, 5) is 4.58. The Kier molecular flexibility index (Phi) is 4.21. The van der Waals surface area contributed by atoms with Gasteiger partial charge in [-0.1, -0.05) is 12.1 Å². The summed E-state index contributed by atoms with van der Waals surface area (Å²) < 4.78 is 5.41. The highest BCUT2D eigenvalue weighted by atomic mass is 32.2. The molecule has 0 aliphatic carbocycles. The van der Waals surface area contributed by atoms with Gasteiger partial charge < -0.3 is 10.3 Å². The molecule has 2 atom stereocenters. The van der Waals surface area contributed by atoms with Gasteiger partial charge >= 0.3 is 0 Å². The zero-order valence-electron chi connectivity index (χ0n) is 11.3. The average molecular weight is 307 g/mol. The molecular formula is C14H17N3OS2. The normalized spacial score (nSPS) is 22.9.